The Hall–Kier alpha value is -2.75. The van der Waals surface area contributed by atoms with Crippen LogP contribution in [0, 0.1) is 6.92 Å². The first kappa shape index (κ1) is 13.7. The summed E-state index contributed by atoms with van der Waals surface area (Å²) in [6.07, 6.45) is 2.85. The summed E-state index contributed by atoms with van der Waals surface area (Å²) in [6, 6.07) is 10.2. The molecule has 3 N–H and O–H groups in total. The van der Waals surface area contributed by atoms with Crippen LogP contribution in [0.3, 0.4) is 0 Å². The number of carbonyl (C=O) groups is 1. The Morgan fingerprint density at radius 2 is 1.70 bits per heavy atom. The van der Waals surface area contributed by atoms with Gasteiger partial charge in [0.25, 0.3) is 0 Å². The Bertz CT molecular complexity index is 673. The number of aromatic hydroxyl groups is 3. The minimum absolute atomic E-state index is 0.152. The SMILES string of the molecule is Cc1c(O)cc(O)c(C(=O)C=Cc2ccccc2)c1O. The summed E-state index contributed by atoms with van der Waals surface area (Å²) in [6.45, 7) is 1.46. The molecule has 0 atom stereocenters. The van der Waals surface area contributed by atoms with E-state index in [9.17, 15) is 20.1 Å². The van der Waals surface area contributed by atoms with Gasteiger partial charge >= 0.3 is 0 Å². The third-order valence-electron chi connectivity index (χ3n) is 2.98. The minimum Gasteiger partial charge on any atom is -0.507 e. The number of allylic oxidation sites excluding steroid dienone is 1. The molecular formula is C16H14O4. The molecule has 0 fully saturated rings. The molecule has 0 saturated heterocycles. The number of carbonyl (C=O) groups excluding carboxylic acids is 1. The fourth-order valence-electron chi connectivity index (χ4n) is 1.80. The van der Waals surface area contributed by atoms with Crippen LogP contribution in [-0.2, 0) is 0 Å². The van der Waals surface area contributed by atoms with Gasteiger partial charge in [0.15, 0.2) is 5.78 Å². The van der Waals surface area contributed by atoms with Crippen molar-refractivity contribution >= 4 is 11.9 Å². The molecule has 0 spiro atoms. The van der Waals surface area contributed by atoms with E-state index in [1.54, 1.807) is 6.08 Å². The van der Waals surface area contributed by atoms with E-state index < -0.39 is 17.3 Å². The van der Waals surface area contributed by atoms with Crippen molar-refractivity contribution in [1.29, 1.82) is 0 Å². The zero-order valence-electron chi connectivity index (χ0n) is 10.9. The summed E-state index contributed by atoms with van der Waals surface area (Å²) in [7, 11) is 0. The van der Waals surface area contributed by atoms with Crippen molar-refractivity contribution in [2.45, 2.75) is 6.92 Å². The smallest absolute Gasteiger partial charge is 0.193 e. The first-order chi connectivity index (χ1) is 9.50. The lowest BCUT2D eigenvalue weighted by Crippen LogP contribution is -1.97. The molecule has 0 radical (unpaired) electrons. The van der Waals surface area contributed by atoms with Crippen LogP contribution in [0.15, 0.2) is 42.5 Å². The van der Waals surface area contributed by atoms with Crippen molar-refractivity contribution < 1.29 is 20.1 Å². The average molecular weight is 270 g/mol. The number of phenols is 3. The molecule has 0 heterocycles. The predicted molar refractivity (Wildman–Crippen MR) is 76.0 cm³/mol. The topological polar surface area (TPSA) is 77.8 Å². The molecule has 2 aromatic carbocycles. The van der Waals surface area contributed by atoms with Gasteiger partial charge in [-0.05, 0) is 18.6 Å². The highest BCUT2D eigenvalue weighted by Gasteiger charge is 2.18. The van der Waals surface area contributed by atoms with Gasteiger partial charge in [-0.15, -0.1) is 0 Å². The molecule has 0 aromatic heterocycles. The molecular weight excluding hydrogens is 256 g/mol. The van der Waals surface area contributed by atoms with Crippen molar-refractivity contribution in [2.24, 2.45) is 0 Å². The fourth-order valence-corrected chi connectivity index (χ4v) is 1.80. The van der Waals surface area contributed by atoms with Crippen molar-refractivity contribution in [3.63, 3.8) is 0 Å². The molecule has 0 aliphatic rings. The van der Waals surface area contributed by atoms with E-state index in [0.717, 1.165) is 11.6 Å². The van der Waals surface area contributed by atoms with Gasteiger partial charge in [0, 0.05) is 11.6 Å². The lowest BCUT2D eigenvalue weighted by molar-refractivity contribution is 0.104. The predicted octanol–water partition coefficient (Wildman–Crippen LogP) is 3.01. The molecule has 102 valence electrons. The standard InChI is InChI=1S/C16H14O4/c1-10-13(18)9-14(19)15(16(10)20)12(17)8-7-11-5-3-2-4-6-11/h2-9,18-20H,1H3. The minimum atomic E-state index is -0.535. The van der Waals surface area contributed by atoms with Crippen molar-refractivity contribution in [2.75, 3.05) is 0 Å². The van der Waals surface area contributed by atoms with Gasteiger partial charge in [-0.3, -0.25) is 4.79 Å². The highest BCUT2D eigenvalue weighted by Crippen LogP contribution is 2.37. The lowest BCUT2D eigenvalue weighted by atomic mass is 10.0. The second-order valence-electron chi connectivity index (χ2n) is 4.37. The molecule has 0 saturated carbocycles. The quantitative estimate of drug-likeness (QED) is 0.592. The van der Waals surface area contributed by atoms with Crippen molar-refractivity contribution in [1.82, 2.24) is 0 Å². The van der Waals surface area contributed by atoms with Gasteiger partial charge in [-0.1, -0.05) is 36.4 Å². The van der Waals surface area contributed by atoms with Crippen LogP contribution in [0.2, 0.25) is 0 Å². The second kappa shape index (κ2) is 5.48. The fraction of sp³-hybridized carbons (Fsp3) is 0.0625. The van der Waals surface area contributed by atoms with Crippen LogP contribution in [-0.4, -0.2) is 21.1 Å². The Labute approximate surface area is 116 Å². The van der Waals surface area contributed by atoms with Gasteiger partial charge in [0.05, 0.1) is 0 Å². The number of rotatable bonds is 3. The number of phenolic OH excluding ortho intramolecular Hbond substituents is 3. The highest BCUT2D eigenvalue weighted by molar-refractivity contribution is 6.10. The first-order valence-corrected chi connectivity index (χ1v) is 6.02. The molecule has 0 unspecified atom stereocenters. The monoisotopic (exact) mass is 270 g/mol. The van der Waals surface area contributed by atoms with Gasteiger partial charge in [0.2, 0.25) is 0 Å². The van der Waals surface area contributed by atoms with E-state index in [0.29, 0.717) is 0 Å². The van der Waals surface area contributed by atoms with E-state index in [4.69, 9.17) is 0 Å². The van der Waals surface area contributed by atoms with Gasteiger partial charge in [-0.25, -0.2) is 0 Å². The summed E-state index contributed by atoms with van der Waals surface area (Å²) < 4.78 is 0. The normalized spacial score (nSPS) is 10.8. The van der Waals surface area contributed by atoms with E-state index in [1.807, 2.05) is 30.3 Å². The Kier molecular flexibility index (Phi) is 3.75. The van der Waals surface area contributed by atoms with Crippen molar-refractivity contribution in [3.8, 4) is 17.2 Å². The maximum absolute atomic E-state index is 12.0. The van der Waals surface area contributed by atoms with E-state index in [1.165, 1.54) is 13.0 Å². The Morgan fingerprint density at radius 1 is 1.05 bits per heavy atom. The molecule has 4 heteroatoms. The van der Waals surface area contributed by atoms with Crippen LogP contribution in [0.1, 0.15) is 21.5 Å². The molecule has 0 aliphatic carbocycles. The highest BCUT2D eigenvalue weighted by atomic mass is 16.3. The zero-order chi connectivity index (χ0) is 14.7. The molecule has 0 amide bonds. The molecule has 4 nitrogen and oxygen atoms in total. The largest absolute Gasteiger partial charge is 0.507 e. The van der Waals surface area contributed by atoms with Crippen LogP contribution >= 0.6 is 0 Å². The van der Waals surface area contributed by atoms with E-state index in [2.05, 4.69) is 0 Å². The summed E-state index contributed by atoms with van der Waals surface area (Å²) >= 11 is 0. The van der Waals surface area contributed by atoms with Gasteiger partial charge < -0.3 is 15.3 Å². The lowest BCUT2D eigenvalue weighted by Gasteiger charge is -2.08. The van der Waals surface area contributed by atoms with Crippen LogP contribution in [0.4, 0.5) is 0 Å². The summed E-state index contributed by atoms with van der Waals surface area (Å²) in [5.41, 5.74) is 0.766. The maximum Gasteiger partial charge on any atom is 0.193 e. The first-order valence-electron chi connectivity index (χ1n) is 6.02. The number of ketones is 1. The molecule has 2 rings (SSSR count). The molecule has 0 aliphatic heterocycles. The third kappa shape index (κ3) is 2.64. The maximum atomic E-state index is 12.0. The summed E-state index contributed by atoms with van der Waals surface area (Å²) in [4.78, 5) is 12.0. The van der Waals surface area contributed by atoms with E-state index >= 15 is 0 Å². The summed E-state index contributed by atoms with van der Waals surface area (Å²) in [5.74, 6) is -1.66. The van der Waals surface area contributed by atoms with Crippen LogP contribution in [0.25, 0.3) is 6.08 Å². The molecule has 20 heavy (non-hydrogen) atoms. The zero-order valence-corrected chi connectivity index (χ0v) is 10.9. The number of hydrogen-bond donors (Lipinski definition) is 3. The van der Waals surface area contributed by atoms with Crippen LogP contribution in [0.5, 0.6) is 17.2 Å². The second-order valence-corrected chi connectivity index (χ2v) is 4.37. The van der Waals surface area contributed by atoms with E-state index in [-0.39, 0.29) is 16.9 Å². The molecule has 0 bridgehead atoms. The summed E-state index contributed by atoms with van der Waals surface area (Å²) in [5, 5.41) is 29.0. The number of benzene rings is 2. The van der Waals surface area contributed by atoms with Gasteiger partial charge in [-0.2, -0.15) is 0 Å². The van der Waals surface area contributed by atoms with Gasteiger partial charge in [0.1, 0.15) is 22.8 Å². The van der Waals surface area contributed by atoms with Crippen molar-refractivity contribution in [3.05, 3.63) is 59.2 Å². The Morgan fingerprint density at radius 3 is 2.35 bits per heavy atom. The molecule has 2 aromatic rings. The van der Waals surface area contributed by atoms with Crippen LogP contribution < -0.4 is 0 Å². The average Bonchev–Trinajstić information content (AvgIpc) is 2.44. The number of hydrogen-bond acceptors (Lipinski definition) is 4. The third-order valence-corrected chi connectivity index (χ3v) is 2.98. The Balaban J connectivity index is 2.36.